The van der Waals surface area contributed by atoms with E-state index < -0.39 is 0 Å². The summed E-state index contributed by atoms with van der Waals surface area (Å²) in [7, 11) is 0. The van der Waals surface area contributed by atoms with Crippen LogP contribution >= 0.6 is 11.6 Å². The lowest BCUT2D eigenvalue weighted by Crippen LogP contribution is -2.49. The van der Waals surface area contributed by atoms with E-state index in [1.807, 2.05) is 71.1 Å². The molecule has 1 aliphatic heterocycles. The van der Waals surface area contributed by atoms with Crippen molar-refractivity contribution in [2.45, 2.75) is 13.3 Å². The average molecular weight is 425 g/mol. The second-order valence-electron chi connectivity index (χ2n) is 7.20. The quantitative estimate of drug-likeness (QED) is 0.603. The van der Waals surface area contributed by atoms with E-state index in [-0.39, 0.29) is 5.91 Å². The lowest BCUT2D eigenvalue weighted by atomic mass is 10.1. The lowest BCUT2D eigenvalue weighted by Gasteiger charge is -2.35. The van der Waals surface area contributed by atoms with E-state index in [0.717, 1.165) is 36.0 Å². The van der Waals surface area contributed by atoms with E-state index in [0.29, 0.717) is 31.1 Å². The van der Waals surface area contributed by atoms with Crippen molar-refractivity contribution < 1.29 is 9.53 Å². The van der Waals surface area contributed by atoms with Crippen molar-refractivity contribution in [2.24, 2.45) is 0 Å². The highest BCUT2D eigenvalue weighted by molar-refractivity contribution is 6.30. The number of imidazole rings is 1. The standard InChI is InChI=1S/C23H25ClN4O2/c1-2-30-21-8-6-18(7-9-21)16-22(29)26-12-14-27(15-13-26)23-25-10-11-28(23)20-5-3-4-19(24)17-20/h3-11,17H,2,12-16H2,1H3. The second-order valence-corrected chi connectivity index (χ2v) is 7.64. The Bertz CT molecular complexity index is 994. The molecular formula is C23H25ClN4O2. The molecule has 0 spiro atoms. The molecule has 1 saturated heterocycles. The second kappa shape index (κ2) is 9.22. The zero-order valence-electron chi connectivity index (χ0n) is 17.0. The molecule has 2 heterocycles. The number of anilines is 1. The molecule has 0 aliphatic carbocycles. The Morgan fingerprint density at radius 2 is 1.87 bits per heavy atom. The molecule has 1 fully saturated rings. The van der Waals surface area contributed by atoms with Gasteiger partial charge in [-0.1, -0.05) is 29.8 Å². The van der Waals surface area contributed by atoms with Gasteiger partial charge in [0.1, 0.15) is 5.75 Å². The molecule has 0 atom stereocenters. The predicted octanol–water partition coefficient (Wildman–Crippen LogP) is 3.82. The Balaban J connectivity index is 1.36. The first-order chi connectivity index (χ1) is 14.6. The van der Waals surface area contributed by atoms with Crippen molar-refractivity contribution in [3.63, 3.8) is 0 Å². The van der Waals surface area contributed by atoms with Crippen molar-refractivity contribution >= 4 is 23.5 Å². The van der Waals surface area contributed by atoms with Gasteiger partial charge in [0, 0.05) is 49.3 Å². The number of hydrogen-bond donors (Lipinski definition) is 0. The van der Waals surface area contributed by atoms with Crippen LogP contribution in [0.3, 0.4) is 0 Å². The molecular weight excluding hydrogens is 400 g/mol. The van der Waals surface area contributed by atoms with E-state index in [2.05, 4.69) is 9.88 Å². The number of amides is 1. The summed E-state index contributed by atoms with van der Waals surface area (Å²) in [6.45, 7) is 5.44. The van der Waals surface area contributed by atoms with Crippen LogP contribution in [0.4, 0.5) is 5.95 Å². The third-order valence-electron chi connectivity index (χ3n) is 5.21. The van der Waals surface area contributed by atoms with E-state index >= 15 is 0 Å². The van der Waals surface area contributed by atoms with E-state index in [1.54, 1.807) is 6.20 Å². The zero-order chi connectivity index (χ0) is 20.9. The molecule has 30 heavy (non-hydrogen) atoms. The maximum atomic E-state index is 12.7. The molecule has 4 rings (SSSR count). The highest BCUT2D eigenvalue weighted by atomic mass is 35.5. The summed E-state index contributed by atoms with van der Waals surface area (Å²) in [5, 5.41) is 0.692. The number of rotatable bonds is 6. The van der Waals surface area contributed by atoms with Crippen LogP contribution in [-0.4, -0.2) is 53.1 Å². The number of nitrogens with zero attached hydrogens (tertiary/aromatic N) is 4. The Labute approximate surface area is 181 Å². The monoisotopic (exact) mass is 424 g/mol. The number of hydrogen-bond acceptors (Lipinski definition) is 4. The lowest BCUT2D eigenvalue weighted by molar-refractivity contribution is -0.130. The van der Waals surface area contributed by atoms with Crippen LogP contribution in [0.1, 0.15) is 12.5 Å². The third kappa shape index (κ3) is 4.60. The molecule has 7 heteroatoms. The number of benzene rings is 2. The molecule has 156 valence electrons. The number of aromatic nitrogens is 2. The van der Waals surface area contributed by atoms with Gasteiger partial charge < -0.3 is 14.5 Å². The summed E-state index contributed by atoms with van der Waals surface area (Å²) in [5.41, 5.74) is 1.98. The largest absolute Gasteiger partial charge is 0.494 e. The first-order valence-electron chi connectivity index (χ1n) is 10.2. The minimum Gasteiger partial charge on any atom is -0.494 e. The molecule has 0 saturated carbocycles. The SMILES string of the molecule is CCOc1ccc(CC(=O)N2CCN(c3nccn3-c3cccc(Cl)c3)CC2)cc1. The minimum atomic E-state index is 0.150. The summed E-state index contributed by atoms with van der Waals surface area (Å²) < 4.78 is 7.49. The summed E-state index contributed by atoms with van der Waals surface area (Å²) in [6, 6.07) is 15.5. The van der Waals surface area contributed by atoms with Crippen molar-refractivity contribution in [3.8, 4) is 11.4 Å². The highest BCUT2D eigenvalue weighted by Gasteiger charge is 2.24. The Kier molecular flexibility index (Phi) is 6.23. The van der Waals surface area contributed by atoms with Crippen LogP contribution in [0.5, 0.6) is 5.75 Å². The maximum Gasteiger partial charge on any atom is 0.227 e. The summed E-state index contributed by atoms with van der Waals surface area (Å²) >= 11 is 6.15. The zero-order valence-corrected chi connectivity index (χ0v) is 17.8. The number of piperazine rings is 1. The normalized spacial score (nSPS) is 14.1. The minimum absolute atomic E-state index is 0.150. The number of carbonyl (C=O) groups is 1. The summed E-state index contributed by atoms with van der Waals surface area (Å²) in [4.78, 5) is 21.4. The van der Waals surface area contributed by atoms with Gasteiger partial charge in [-0.25, -0.2) is 4.98 Å². The summed E-state index contributed by atoms with van der Waals surface area (Å²) in [6.07, 6.45) is 4.13. The predicted molar refractivity (Wildman–Crippen MR) is 119 cm³/mol. The van der Waals surface area contributed by atoms with Gasteiger partial charge in [0.25, 0.3) is 0 Å². The fourth-order valence-electron chi connectivity index (χ4n) is 3.67. The van der Waals surface area contributed by atoms with Crippen LogP contribution < -0.4 is 9.64 Å². The van der Waals surface area contributed by atoms with Gasteiger partial charge in [-0.3, -0.25) is 9.36 Å². The van der Waals surface area contributed by atoms with Gasteiger partial charge in [-0.2, -0.15) is 0 Å². The molecule has 3 aromatic rings. The average Bonchev–Trinajstić information content (AvgIpc) is 3.25. The highest BCUT2D eigenvalue weighted by Crippen LogP contribution is 2.22. The third-order valence-corrected chi connectivity index (χ3v) is 5.45. The van der Waals surface area contributed by atoms with Gasteiger partial charge >= 0.3 is 0 Å². The molecule has 0 N–H and O–H groups in total. The molecule has 2 aromatic carbocycles. The van der Waals surface area contributed by atoms with Crippen LogP contribution in [0.15, 0.2) is 60.9 Å². The van der Waals surface area contributed by atoms with Gasteiger partial charge in [0.2, 0.25) is 11.9 Å². The number of ether oxygens (including phenoxy) is 1. The van der Waals surface area contributed by atoms with Gasteiger partial charge in [-0.05, 0) is 42.8 Å². The van der Waals surface area contributed by atoms with E-state index in [4.69, 9.17) is 16.3 Å². The molecule has 1 aromatic heterocycles. The first kappa shape index (κ1) is 20.3. The Hall–Kier alpha value is -2.99. The first-order valence-corrected chi connectivity index (χ1v) is 10.6. The Morgan fingerprint density at radius 1 is 1.10 bits per heavy atom. The van der Waals surface area contributed by atoms with Crippen molar-refractivity contribution in [1.82, 2.24) is 14.5 Å². The van der Waals surface area contributed by atoms with Gasteiger partial charge in [0.15, 0.2) is 0 Å². The fourth-order valence-corrected chi connectivity index (χ4v) is 3.85. The molecule has 1 aliphatic rings. The van der Waals surface area contributed by atoms with E-state index in [1.165, 1.54) is 0 Å². The van der Waals surface area contributed by atoms with Crippen LogP contribution in [0.25, 0.3) is 5.69 Å². The topological polar surface area (TPSA) is 50.6 Å². The molecule has 0 radical (unpaired) electrons. The van der Waals surface area contributed by atoms with Gasteiger partial charge in [0.05, 0.1) is 13.0 Å². The molecule has 0 unspecified atom stereocenters. The van der Waals surface area contributed by atoms with Crippen molar-refractivity contribution in [3.05, 3.63) is 71.5 Å². The van der Waals surface area contributed by atoms with Crippen LogP contribution in [0.2, 0.25) is 5.02 Å². The van der Waals surface area contributed by atoms with Crippen LogP contribution in [-0.2, 0) is 11.2 Å². The van der Waals surface area contributed by atoms with Crippen molar-refractivity contribution in [2.75, 3.05) is 37.7 Å². The van der Waals surface area contributed by atoms with Crippen molar-refractivity contribution in [1.29, 1.82) is 0 Å². The summed E-state index contributed by atoms with van der Waals surface area (Å²) in [5.74, 6) is 1.85. The molecule has 1 amide bonds. The number of halogens is 1. The van der Waals surface area contributed by atoms with E-state index in [9.17, 15) is 4.79 Å². The van der Waals surface area contributed by atoms with Crippen LogP contribution in [0, 0.1) is 0 Å². The Morgan fingerprint density at radius 3 is 2.57 bits per heavy atom. The molecule has 0 bridgehead atoms. The molecule has 6 nitrogen and oxygen atoms in total. The maximum absolute atomic E-state index is 12.7. The smallest absolute Gasteiger partial charge is 0.227 e. The van der Waals surface area contributed by atoms with Gasteiger partial charge in [-0.15, -0.1) is 0 Å². The number of carbonyl (C=O) groups excluding carboxylic acids is 1. The fraction of sp³-hybridized carbons (Fsp3) is 0.304.